The average molecular weight is 298 g/mol. The van der Waals surface area contributed by atoms with Gasteiger partial charge in [0.15, 0.2) is 0 Å². The van der Waals surface area contributed by atoms with Crippen molar-refractivity contribution in [2.24, 2.45) is 0 Å². The summed E-state index contributed by atoms with van der Waals surface area (Å²) < 4.78 is 10.6. The first-order valence-electron chi connectivity index (χ1n) is 7.10. The van der Waals surface area contributed by atoms with Crippen molar-refractivity contribution in [3.05, 3.63) is 71.8 Å². The molecule has 2 atom stereocenters. The molecule has 0 bridgehead atoms. The number of ether oxygens (including phenoxy) is 2. The van der Waals surface area contributed by atoms with Crippen molar-refractivity contribution in [1.29, 1.82) is 0 Å². The molecule has 2 aromatic rings. The molecule has 0 aliphatic carbocycles. The van der Waals surface area contributed by atoms with Crippen molar-refractivity contribution in [2.45, 2.75) is 26.1 Å². The quantitative estimate of drug-likeness (QED) is 0.793. The van der Waals surface area contributed by atoms with Crippen LogP contribution in [0.1, 0.15) is 34.6 Å². The van der Waals surface area contributed by atoms with E-state index < -0.39 is 24.1 Å². The second-order valence-electron chi connectivity index (χ2n) is 4.95. The molecule has 0 heterocycles. The van der Waals surface area contributed by atoms with Crippen LogP contribution < -0.4 is 0 Å². The topological polar surface area (TPSA) is 52.6 Å². The summed E-state index contributed by atoms with van der Waals surface area (Å²) in [6.07, 6.45) is -1.08. The summed E-state index contributed by atoms with van der Waals surface area (Å²) in [6, 6.07) is 17.4. The number of rotatable bonds is 5. The van der Waals surface area contributed by atoms with Crippen molar-refractivity contribution in [2.75, 3.05) is 0 Å². The Labute approximate surface area is 129 Å². The van der Waals surface area contributed by atoms with Crippen LogP contribution in [0.3, 0.4) is 0 Å². The summed E-state index contributed by atoms with van der Waals surface area (Å²) in [5.41, 5.74) is 0.937. The molecule has 0 amide bonds. The largest absolute Gasteiger partial charge is 0.455 e. The second kappa shape index (κ2) is 7.41. The molecule has 0 saturated heterocycles. The van der Waals surface area contributed by atoms with Gasteiger partial charge in [0, 0.05) is 0 Å². The van der Waals surface area contributed by atoms with E-state index in [4.69, 9.17) is 9.47 Å². The first-order chi connectivity index (χ1) is 10.6. The smallest absolute Gasteiger partial charge is 0.338 e. The van der Waals surface area contributed by atoms with Gasteiger partial charge in [-0.15, -0.1) is 0 Å². The monoisotopic (exact) mass is 298 g/mol. The van der Waals surface area contributed by atoms with E-state index in [-0.39, 0.29) is 0 Å². The molecular weight excluding hydrogens is 280 g/mol. The average Bonchev–Trinajstić information content (AvgIpc) is 2.56. The normalized spacial score (nSPS) is 13.0. The second-order valence-corrected chi connectivity index (χ2v) is 4.95. The third-order valence-corrected chi connectivity index (χ3v) is 3.27. The number of esters is 2. The van der Waals surface area contributed by atoms with Crippen LogP contribution in [0.15, 0.2) is 60.7 Å². The summed E-state index contributed by atoms with van der Waals surface area (Å²) in [7, 11) is 0. The molecule has 0 aromatic heterocycles. The van der Waals surface area contributed by atoms with Gasteiger partial charge < -0.3 is 9.47 Å². The highest BCUT2D eigenvalue weighted by atomic mass is 16.6. The number of carbonyl (C=O) groups excluding carboxylic acids is 2. The zero-order valence-corrected chi connectivity index (χ0v) is 12.6. The van der Waals surface area contributed by atoms with Gasteiger partial charge in [0.05, 0.1) is 11.1 Å². The highest BCUT2D eigenvalue weighted by Gasteiger charge is 2.21. The van der Waals surface area contributed by atoms with E-state index in [9.17, 15) is 9.59 Å². The van der Waals surface area contributed by atoms with E-state index >= 15 is 0 Å². The maximum Gasteiger partial charge on any atom is 0.338 e. The number of benzene rings is 2. The van der Waals surface area contributed by atoms with Crippen molar-refractivity contribution in [3.63, 3.8) is 0 Å². The maximum atomic E-state index is 12.0. The Balaban J connectivity index is 1.91. The molecule has 114 valence electrons. The summed E-state index contributed by atoms with van der Waals surface area (Å²) in [5, 5.41) is 0. The predicted molar refractivity (Wildman–Crippen MR) is 82.6 cm³/mol. The van der Waals surface area contributed by atoms with E-state index in [1.54, 1.807) is 62.4 Å². The summed E-state index contributed by atoms with van der Waals surface area (Å²) in [6.45, 7) is 3.40. The van der Waals surface area contributed by atoms with Gasteiger partial charge in [0.25, 0.3) is 0 Å². The molecule has 2 rings (SSSR count). The molecule has 1 unspecified atom stereocenters. The van der Waals surface area contributed by atoms with E-state index in [1.807, 2.05) is 12.1 Å². The lowest BCUT2D eigenvalue weighted by Gasteiger charge is -2.20. The van der Waals surface area contributed by atoms with E-state index in [1.165, 1.54) is 0 Å². The summed E-state index contributed by atoms with van der Waals surface area (Å²) in [4.78, 5) is 23.9. The van der Waals surface area contributed by atoms with Crippen LogP contribution in [0, 0.1) is 0 Å². The molecule has 4 nitrogen and oxygen atoms in total. The molecule has 4 heteroatoms. The molecule has 2 aromatic carbocycles. The van der Waals surface area contributed by atoms with Gasteiger partial charge in [-0.25, -0.2) is 9.59 Å². The van der Waals surface area contributed by atoms with Gasteiger partial charge in [0.1, 0.15) is 12.2 Å². The van der Waals surface area contributed by atoms with Gasteiger partial charge >= 0.3 is 11.9 Å². The van der Waals surface area contributed by atoms with Crippen LogP contribution in [0.4, 0.5) is 0 Å². The minimum atomic E-state index is -0.541. The molecule has 0 spiro atoms. The lowest BCUT2D eigenvalue weighted by molar-refractivity contribution is -0.0239. The van der Waals surface area contributed by atoms with Gasteiger partial charge in [-0.1, -0.05) is 36.4 Å². The van der Waals surface area contributed by atoms with E-state index in [2.05, 4.69) is 0 Å². The molecule has 0 N–H and O–H groups in total. The first kappa shape index (κ1) is 15.8. The minimum Gasteiger partial charge on any atom is -0.455 e. The molecule has 0 fully saturated rings. The van der Waals surface area contributed by atoms with E-state index in [0.717, 1.165) is 0 Å². The highest BCUT2D eigenvalue weighted by molar-refractivity contribution is 5.90. The van der Waals surface area contributed by atoms with Crippen LogP contribution in [0.2, 0.25) is 0 Å². The summed E-state index contributed by atoms with van der Waals surface area (Å²) >= 11 is 0. The minimum absolute atomic E-state index is 0.435. The molecule has 22 heavy (non-hydrogen) atoms. The lowest BCUT2D eigenvalue weighted by atomic mass is 10.2. The van der Waals surface area contributed by atoms with Crippen LogP contribution in [-0.2, 0) is 9.47 Å². The molecular formula is C18H18O4. The van der Waals surface area contributed by atoms with Crippen LogP contribution in [0.25, 0.3) is 0 Å². The van der Waals surface area contributed by atoms with Gasteiger partial charge in [-0.2, -0.15) is 0 Å². The third kappa shape index (κ3) is 4.19. The molecule has 0 aliphatic heterocycles. The predicted octanol–water partition coefficient (Wildman–Crippen LogP) is 3.48. The fourth-order valence-corrected chi connectivity index (χ4v) is 1.81. The van der Waals surface area contributed by atoms with Crippen molar-refractivity contribution in [3.8, 4) is 0 Å². The van der Waals surface area contributed by atoms with Crippen molar-refractivity contribution < 1.29 is 19.1 Å². The zero-order chi connectivity index (χ0) is 15.9. The van der Waals surface area contributed by atoms with Gasteiger partial charge in [-0.3, -0.25) is 0 Å². The molecule has 0 saturated carbocycles. The Morgan fingerprint density at radius 3 is 1.32 bits per heavy atom. The lowest BCUT2D eigenvalue weighted by Crippen LogP contribution is -2.30. The van der Waals surface area contributed by atoms with Crippen LogP contribution in [0.5, 0.6) is 0 Å². The Hall–Kier alpha value is -2.62. The fourth-order valence-electron chi connectivity index (χ4n) is 1.81. The SMILES string of the molecule is CC(OC(=O)c1ccccc1)[C@H](C)OC(=O)c1ccccc1. The van der Waals surface area contributed by atoms with Gasteiger partial charge in [0.2, 0.25) is 0 Å². The Morgan fingerprint density at radius 2 is 1.00 bits per heavy atom. The fraction of sp³-hybridized carbons (Fsp3) is 0.222. The van der Waals surface area contributed by atoms with Crippen molar-refractivity contribution >= 4 is 11.9 Å². The van der Waals surface area contributed by atoms with Gasteiger partial charge in [-0.05, 0) is 38.1 Å². The zero-order valence-electron chi connectivity index (χ0n) is 12.6. The highest BCUT2D eigenvalue weighted by Crippen LogP contribution is 2.11. The van der Waals surface area contributed by atoms with Crippen LogP contribution in [-0.4, -0.2) is 24.1 Å². The Morgan fingerprint density at radius 1 is 0.682 bits per heavy atom. The first-order valence-corrected chi connectivity index (χ1v) is 7.10. The van der Waals surface area contributed by atoms with Crippen molar-refractivity contribution in [1.82, 2.24) is 0 Å². The Bertz CT molecular complexity index is 565. The summed E-state index contributed by atoms with van der Waals surface area (Å²) in [5.74, 6) is -0.869. The molecule has 0 aliphatic rings. The number of hydrogen-bond donors (Lipinski definition) is 0. The number of carbonyl (C=O) groups is 2. The van der Waals surface area contributed by atoms with E-state index in [0.29, 0.717) is 11.1 Å². The van der Waals surface area contributed by atoms with Crippen LogP contribution >= 0.6 is 0 Å². The maximum absolute atomic E-state index is 12.0. The molecule has 0 radical (unpaired) electrons. The standard InChI is InChI=1S/C18H18O4/c1-13(21-17(19)15-9-5-3-6-10-15)14(2)22-18(20)16-11-7-4-8-12-16/h3-14H,1-2H3/t13-,14?/m0/s1. The Kier molecular flexibility index (Phi) is 5.31. The third-order valence-electron chi connectivity index (χ3n) is 3.27. The number of hydrogen-bond acceptors (Lipinski definition) is 4.